The molecule has 0 saturated heterocycles. The first-order chi connectivity index (χ1) is 10.2. The van der Waals surface area contributed by atoms with E-state index >= 15 is 0 Å². The molecule has 0 bridgehead atoms. The lowest BCUT2D eigenvalue weighted by Gasteiger charge is -2.04. The van der Waals surface area contributed by atoms with E-state index in [-0.39, 0.29) is 11.7 Å². The monoisotopic (exact) mass is 302 g/mol. The van der Waals surface area contributed by atoms with Gasteiger partial charge in [-0.3, -0.25) is 9.78 Å². The van der Waals surface area contributed by atoms with E-state index in [1.807, 2.05) is 29.8 Å². The highest BCUT2D eigenvalue weighted by Crippen LogP contribution is 2.21. The Morgan fingerprint density at radius 1 is 1.43 bits per heavy atom. The zero-order chi connectivity index (χ0) is 15.1. The standard InChI is InChI=1S/C13H14N6OS/c1-19-12(10-3-7-15-8-4-10)17-18-13(19)21-9-11(20)16-6-2-5-14/h3-4,7-8H,2,6,9H2,1H3,(H,16,20). The molecule has 2 rings (SSSR count). The minimum Gasteiger partial charge on any atom is -0.354 e. The van der Waals surface area contributed by atoms with Gasteiger partial charge in [0.05, 0.1) is 18.2 Å². The van der Waals surface area contributed by atoms with Gasteiger partial charge in [-0.2, -0.15) is 5.26 Å². The highest BCUT2D eigenvalue weighted by atomic mass is 32.2. The topological polar surface area (TPSA) is 96.5 Å². The smallest absolute Gasteiger partial charge is 0.230 e. The Hall–Kier alpha value is -2.40. The Balaban J connectivity index is 1.95. The van der Waals surface area contributed by atoms with Crippen LogP contribution in [0.1, 0.15) is 6.42 Å². The number of carbonyl (C=O) groups excluding carboxylic acids is 1. The van der Waals surface area contributed by atoms with Crippen molar-refractivity contribution in [2.24, 2.45) is 7.05 Å². The van der Waals surface area contributed by atoms with Crippen molar-refractivity contribution in [2.45, 2.75) is 11.6 Å². The van der Waals surface area contributed by atoms with Crippen LogP contribution in [0.4, 0.5) is 0 Å². The van der Waals surface area contributed by atoms with Gasteiger partial charge in [0.2, 0.25) is 5.91 Å². The molecular formula is C13H14N6OS. The maximum Gasteiger partial charge on any atom is 0.230 e. The van der Waals surface area contributed by atoms with Gasteiger partial charge in [0.25, 0.3) is 0 Å². The van der Waals surface area contributed by atoms with Crippen LogP contribution in [0.5, 0.6) is 0 Å². The fraction of sp³-hybridized carbons (Fsp3) is 0.308. The van der Waals surface area contributed by atoms with Crippen LogP contribution in [0.2, 0.25) is 0 Å². The fourth-order valence-electron chi connectivity index (χ4n) is 1.63. The number of thioether (sulfide) groups is 1. The van der Waals surface area contributed by atoms with Gasteiger partial charge in [-0.25, -0.2) is 0 Å². The summed E-state index contributed by atoms with van der Waals surface area (Å²) in [6.45, 7) is 0.372. The molecule has 21 heavy (non-hydrogen) atoms. The quantitative estimate of drug-likeness (QED) is 0.631. The number of aromatic nitrogens is 4. The summed E-state index contributed by atoms with van der Waals surface area (Å²) in [5.74, 6) is 0.849. The van der Waals surface area contributed by atoms with E-state index in [1.165, 1.54) is 11.8 Å². The van der Waals surface area contributed by atoms with Crippen LogP contribution in [0.3, 0.4) is 0 Å². The van der Waals surface area contributed by atoms with E-state index in [4.69, 9.17) is 5.26 Å². The van der Waals surface area contributed by atoms with Gasteiger partial charge in [-0.15, -0.1) is 10.2 Å². The van der Waals surface area contributed by atoms with Crippen LogP contribution < -0.4 is 5.32 Å². The second kappa shape index (κ2) is 7.40. The molecule has 0 unspecified atom stereocenters. The van der Waals surface area contributed by atoms with Crippen molar-refractivity contribution in [3.63, 3.8) is 0 Å². The average molecular weight is 302 g/mol. The van der Waals surface area contributed by atoms with Crippen molar-refractivity contribution in [1.29, 1.82) is 5.26 Å². The van der Waals surface area contributed by atoms with E-state index in [2.05, 4.69) is 20.5 Å². The summed E-state index contributed by atoms with van der Waals surface area (Å²) in [5.41, 5.74) is 0.922. The molecule has 0 fully saturated rings. The zero-order valence-electron chi connectivity index (χ0n) is 11.5. The van der Waals surface area contributed by atoms with Gasteiger partial charge < -0.3 is 9.88 Å². The molecule has 0 saturated carbocycles. The first-order valence-electron chi connectivity index (χ1n) is 6.28. The number of nitrogens with one attached hydrogen (secondary N) is 1. The van der Waals surface area contributed by atoms with Crippen LogP contribution in [-0.4, -0.2) is 38.0 Å². The van der Waals surface area contributed by atoms with Gasteiger partial charge in [-0.1, -0.05) is 11.8 Å². The molecular weight excluding hydrogens is 288 g/mol. The number of rotatable bonds is 6. The molecule has 108 valence electrons. The normalized spacial score (nSPS) is 10.1. The second-order valence-corrected chi connectivity index (χ2v) is 5.09. The average Bonchev–Trinajstić information content (AvgIpc) is 2.87. The van der Waals surface area contributed by atoms with Crippen molar-refractivity contribution in [1.82, 2.24) is 25.1 Å². The number of nitriles is 1. The summed E-state index contributed by atoms with van der Waals surface area (Å²) in [5, 5.41) is 19.9. The third-order valence-electron chi connectivity index (χ3n) is 2.66. The lowest BCUT2D eigenvalue weighted by Crippen LogP contribution is -2.26. The van der Waals surface area contributed by atoms with E-state index in [0.717, 1.165) is 11.4 Å². The first kappa shape index (κ1) is 15.0. The third kappa shape index (κ3) is 4.03. The van der Waals surface area contributed by atoms with Crippen LogP contribution in [0.25, 0.3) is 11.4 Å². The van der Waals surface area contributed by atoms with Crippen molar-refractivity contribution in [3.05, 3.63) is 24.5 Å². The van der Waals surface area contributed by atoms with Gasteiger partial charge in [-0.05, 0) is 12.1 Å². The Labute approximate surface area is 126 Å². The molecule has 1 N–H and O–H groups in total. The van der Waals surface area contributed by atoms with E-state index in [1.54, 1.807) is 12.4 Å². The van der Waals surface area contributed by atoms with Crippen molar-refractivity contribution in [2.75, 3.05) is 12.3 Å². The Morgan fingerprint density at radius 2 is 2.19 bits per heavy atom. The molecule has 2 heterocycles. The lowest BCUT2D eigenvalue weighted by atomic mass is 10.2. The maximum absolute atomic E-state index is 11.6. The van der Waals surface area contributed by atoms with E-state index in [0.29, 0.717) is 18.1 Å². The summed E-state index contributed by atoms with van der Waals surface area (Å²) >= 11 is 1.31. The maximum atomic E-state index is 11.6. The summed E-state index contributed by atoms with van der Waals surface area (Å²) in [6, 6.07) is 5.68. The SMILES string of the molecule is Cn1c(SCC(=O)NCCC#N)nnc1-c1ccncc1. The summed E-state index contributed by atoms with van der Waals surface area (Å²) < 4.78 is 1.84. The molecule has 0 aliphatic rings. The van der Waals surface area contributed by atoms with Gasteiger partial charge >= 0.3 is 0 Å². The lowest BCUT2D eigenvalue weighted by molar-refractivity contribution is -0.118. The molecule has 0 aliphatic carbocycles. The Morgan fingerprint density at radius 3 is 2.90 bits per heavy atom. The highest BCUT2D eigenvalue weighted by molar-refractivity contribution is 7.99. The molecule has 0 aliphatic heterocycles. The Kier molecular flexibility index (Phi) is 5.29. The number of hydrogen-bond acceptors (Lipinski definition) is 6. The number of nitrogens with zero attached hydrogens (tertiary/aromatic N) is 5. The molecule has 2 aromatic rings. The predicted octanol–water partition coefficient (Wildman–Crippen LogP) is 0.999. The minimum absolute atomic E-state index is 0.122. The molecule has 1 amide bonds. The summed E-state index contributed by atoms with van der Waals surface area (Å²) in [6.07, 6.45) is 3.70. The number of amides is 1. The van der Waals surface area contributed by atoms with Crippen molar-refractivity contribution >= 4 is 17.7 Å². The predicted molar refractivity (Wildman–Crippen MR) is 78.2 cm³/mol. The number of pyridine rings is 1. The molecule has 2 aromatic heterocycles. The van der Waals surface area contributed by atoms with Gasteiger partial charge in [0.15, 0.2) is 11.0 Å². The molecule has 8 heteroatoms. The van der Waals surface area contributed by atoms with Crippen LogP contribution >= 0.6 is 11.8 Å². The first-order valence-corrected chi connectivity index (χ1v) is 7.27. The second-order valence-electron chi connectivity index (χ2n) is 4.15. The molecule has 0 atom stereocenters. The number of carbonyl (C=O) groups is 1. The Bertz CT molecular complexity index is 648. The van der Waals surface area contributed by atoms with Crippen LogP contribution in [0, 0.1) is 11.3 Å². The minimum atomic E-state index is -0.122. The molecule has 7 nitrogen and oxygen atoms in total. The third-order valence-corrected chi connectivity index (χ3v) is 3.68. The highest BCUT2D eigenvalue weighted by Gasteiger charge is 2.12. The number of hydrogen-bond donors (Lipinski definition) is 1. The van der Waals surface area contributed by atoms with E-state index in [9.17, 15) is 4.79 Å². The molecule has 0 aromatic carbocycles. The summed E-state index contributed by atoms with van der Waals surface area (Å²) in [7, 11) is 1.85. The van der Waals surface area contributed by atoms with Crippen molar-refractivity contribution in [3.8, 4) is 17.5 Å². The fourth-order valence-corrected chi connectivity index (χ4v) is 2.37. The molecule has 0 radical (unpaired) electrons. The van der Waals surface area contributed by atoms with Crippen molar-refractivity contribution < 1.29 is 4.79 Å². The summed E-state index contributed by atoms with van der Waals surface area (Å²) in [4.78, 5) is 15.5. The largest absolute Gasteiger partial charge is 0.354 e. The molecule has 0 spiro atoms. The van der Waals surface area contributed by atoms with Crippen LogP contribution in [-0.2, 0) is 11.8 Å². The van der Waals surface area contributed by atoms with Gasteiger partial charge in [0.1, 0.15) is 0 Å². The van der Waals surface area contributed by atoms with E-state index < -0.39 is 0 Å². The van der Waals surface area contributed by atoms with Gasteiger partial charge in [0, 0.05) is 31.5 Å². The zero-order valence-corrected chi connectivity index (χ0v) is 12.3. The van der Waals surface area contributed by atoms with Crippen LogP contribution in [0.15, 0.2) is 29.7 Å².